The summed E-state index contributed by atoms with van der Waals surface area (Å²) < 4.78 is 0. The van der Waals surface area contributed by atoms with Crippen LogP contribution >= 0.6 is 0 Å². The SMILES string of the molecule is C=C(C=CC)CC(C)(C)N. The van der Waals surface area contributed by atoms with Crippen molar-refractivity contribution in [1.82, 2.24) is 0 Å². The monoisotopic (exact) mass is 139 g/mol. The van der Waals surface area contributed by atoms with Gasteiger partial charge in [0, 0.05) is 5.54 Å². The highest BCUT2D eigenvalue weighted by Crippen LogP contribution is 2.11. The summed E-state index contributed by atoms with van der Waals surface area (Å²) >= 11 is 0. The van der Waals surface area contributed by atoms with Gasteiger partial charge in [0.25, 0.3) is 0 Å². The normalized spacial score (nSPS) is 12.4. The van der Waals surface area contributed by atoms with Gasteiger partial charge in [-0.15, -0.1) is 0 Å². The summed E-state index contributed by atoms with van der Waals surface area (Å²) in [6.45, 7) is 9.85. The van der Waals surface area contributed by atoms with Crippen LogP contribution in [0, 0.1) is 0 Å². The molecule has 0 aromatic carbocycles. The van der Waals surface area contributed by atoms with E-state index in [4.69, 9.17) is 5.73 Å². The molecule has 1 heteroatoms. The van der Waals surface area contributed by atoms with Gasteiger partial charge in [0.1, 0.15) is 0 Å². The molecule has 0 aliphatic rings. The van der Waals surface area contributed by atoms with Crippen molar-refractivity contribution in [2.24, 2.45) is 5.73 Å². The van der Waals surface area contributed by atoms with Crippen LogP contribution in [-0.2, 0) is 0 Å². The van der Waals surface area contributed by atoms with Gasteiger partial charge in [-0.2, -0.15) is 0 Å². The maximum absolute atomic E-state index is 5.77. The van der Waals surface area contributed by atoms with Crippen LogP contribution in [0.5, 0.6) is 0 Å². The minimum absolute atomic E-state index is 0.128. The minimum atomic E-state index is -0.128. The fraction of sp³-hybridized carbons (Fsp3) is 0.556. The third kappa shape index (κ3) is 5.57. The number of hydrogen-bond acceptors (Lipinski definition) is 1. The van der Waals surface area contributed by atoms with Crippen molar-refractivity contribution in [3.8, 4) is 0 Å². The molecule has 58 valence electrons. The molecule has 0 fully saturated rings. The van der Waals surface area contributed by atoms with Gasteiger partial charge in [-0.1, -0.05) is 24.3 Å². The zero-order valence-corrected chi connectivity index (χ0v) is 7.15. The summed E-state index contributed by atoms with van der Waals surface area (Å²) in [5.41, 5.74) is 6.74. The first-order valence-electron chi connectivity index (χ1n) is 3.55. The molecule has 0 unspecified atom stereocenters. The van der Waals surface area contributed by atoms with Gasteiger partial charge in [0.2, 0.25) is 0 Å². The van der Waals surface area contributed by atoms with E-state index in [9.17, 15) is 0 Å². The van der Waals surface area contributed by atoms with Gasteiger partial charge in [-0.05, 0) is 27.2 Å². The van der Waals surface area contributed by atoms with Crippen LogP contribution in [0.4, 0.5) is 0 Å². The van der Waals surface area contributed by atoms with E-state index >= 15 is 0 Å². The van der Waals surface area contributed by atoms with Crippen LogP contribution in [0.1, 0.15) is 27.2 Å². The summed E-state index contributed by atoms with van der Waals surface area (Å²) in [5, 5.41) is 0. The van der Waals surface area contributed by atoms with Crippen molar-refractivity contribution in [2.75, 3.05) is 0 Å². The highest BCUT2D eigenvalue weighted by molar-refractivity contribution is 5.16. The first-order valence-corrected chi connectivity index (χ1v) is 3.55. The molecular weight excluding hydrogens is 122 g/mol. The van der Waals surface area contributed by atoms with Crippen molar-refractivity contribution in [1.29, 1.82) is 0 Å². The predicted octanol–water partition coefficient (Wildman–Crippen LogP) is 2.25. The Hall–Kier alpha value is -0.560. The molecule has 0 rings (SSSR count). The van der Waals surface area contributed by atoms with E-state index in [1.807, 2.05) is 32.9 Å². The van der Waals surface area contributed by atoms with Crippen LogP contribution in [0.2, 0.25) is 0 Å². The summed E-state index contributed by atoms with van der Waals surface area (Å²) in [7, 11) is 0. The van der Waals surface area contributed by atoms with Crippen LogP contribution in [0.15, 0.2) is 24.3 Å². The van der Waals surface area contributed by atoms with Crippen LogP contribution < -0.4 is 5.73 Å². The summed E-state index contributed by atoms with van der Waals surface area (Å²) in [5.74, 6) is 0. The van der Waals surface area contributed by atoms with E-state index in [0.29, 0.717) is 0 Å². The fourth-order valence-corrected chi connectivity index (χ4v) is 0.880. The maximum atomic E-state index is 5.77. The molecule has 0 spiro atoms. The van der Waals surface area contributed by atoms with E-state index in [-0.39, 0.29) is 5.54 Å². The molecule has 0 saturated carbocycles. The van der Waals surface area contributed by atoms with Crippen molar-refractivity contribution >= 4 is 0 Å². The molecule has 0 heterocycles. The smallest absolute Gasteiger partial charge is 0.0137 e. The van der Waals surface area contributed by atoms with E-state index < -0.39 is 0 Å². The quantitative estimate of drug-likeness (QED) is 0.596. The number of allylic oxidation sites excluding steroid dienone is 2. The lowest BCUT2D eigenvalue weighted by Gasteiger charge is -2.17. The van der Waals surface area contributed by atoms with Crippen LogP contribution in [-0.4, -0.2) is 5.54 Å². The first kappa shape index (κ1) is 9.44. The molecule has 0 atom stereocenters. The first-order chi connectivity index (χ1) is 4.45. The highest BCUT2D eigenvalue weighted by Gasteiger charge is 2.09. The van der Waals surface area contributed by atoms with Gasteiger partial charge in [-0.25, -0.2) is 0 Å². The zero-order valence-electron chi connectivity index (χ0n) is 7.15. The predicted molar refractivity (Wildman–Crippen MR) is 46.8 cm³/mol. The Kier molecular flexibility index (Phi) is 3.37. The Balaban J connectivity index is 3.81. The number of nitrogens with two attached hydrogens (primary N) is 1. The second-order valence-corrected chi connectivity index (χ2v) is 3.32. The van der Waals surface area contributed by atoms with Crippen molar-refractivity contribution in [2.45, 2.75) is 32.7 Å². The Morgan fingerprint density at radius 3 is 2.40 bits per heavy atom. The summed E-state index contributed by atoms with van der Waals surface area (Å²) in [6.07, 6.45) is 4.83. The van der Waals surface area contributed by atoms with Gasteiger partial charge in [-0.3, -0.25) is 0 Å². The topological polar surface area (TPSA) is 26.0 Å². The lowest BCUT2D eigenvalue weighted by Crippen LogP contribution is -2.31. The van der Waals surface area contributed by atoms with E-state index in [2.05, 4.69) is 6.58 Å². The second-order valence-electron chi connectivity index (χ2n) is 3.32. The lowest BCUT2D eigenvalue weighted by molar-refractivity contribution is 0.519. The molecule has 0 aliphatic carbocycles. The molecule has 10 heavy (non-hydrogen) atoms. The molecule has 0 radical (unpaired) electrons. The largest absolute Gasteiger partial charge is 0.325 e. The minimum Gasteiger partial charge on any atom is -0.325 e. The number of rotatable bonds is 3. The fourth-order valence-electron chi connectivity index (χ4n) is 0.880. The second kappa shape index (κ2) is 3.57. The molecule has 2 N–H and O–H groups in total. The third-order valence-electron chi connectivity index (χ3n) is 1.09. The number of hydrogen-bond donors (Lipinski definition) is 1. The molecular formula is C9H17N. The Bertz CT molecular complexity index is 137. The summed E-state index contributed by atoms with van der Waals surface area (Å²) in [4.78, 5) is 0. The molecule has 0 amide bonds. The molecule has 0 bridgehead atoms. The average Bonchev–Trinajstić information content (AvgIpc) is 1.59. The highest BCUT2D eigenvalue weighted by atomic mass is 14.7. The molecule has 0 aromatic heterocycles. The van der Waals surface area contributed by atoms with E-state index in [1.54, 1.807) is 0 Å². The standard InChI is InChI=1S/C9H17N/c1-5-6-8(2)7-9(3,4)10/h5-6H,2,7,10H2,1,3-4H3. The van der Waals surface area contributed by atoms with Crippen LogP contribution in [0.25, 0.3) is 0 Å². The van der Waals surface area contributed by atoms with Gasteiger partial charge >= 0.3 is 0 Å². The van der Waals surface area contributed by atoms with E-state index in [0.717, 1.165) is 12.0 Å². The van der Waals surface area contributed by atoms with Crippen molar-refractivity contribution in [3.05, 3.63) is 24.3 Å². The van der Waals surface area contributed by atoms with Gasteiger partial charge < -0.3 is 5.73 Å². The van der Waals surface area contributed by atoms with E-state index in [1.165, 1.54) is 0 Å². The average molecular weight is 139 g/mol. The van der Waals surface area contributed by atoms with Crippen molar-refractivity contribution in [3.63, 3.8) is 0 Å². The Morgan fingerprint density at radius 1 is 1.60 bits per heavy atom. The Labute approximate surface area is 63.6 Å². The molecule has 0 aromatic rings. The lowest BCUT2D eigenvalue weighted by atomic mass is 9.97. The Morgan fingerprint density at radius 2 is 2.10 bits per heavy atom. The summed E-state index contributed by atoms with van der Waals surface area (Å²) in [6, 6.07) is 0. The molecule has 0 aliphatic heterocycles. The van der Waals surface area contributed by atoms with Gasteiger partial charge in [0.05, 0.1) is 0 Å². The molecule has 1 nitrogen and oxygen atoms in total. The van der Waals surface area contributed by atoms with Gasteiger partial charge in [0.15, 0.2) is 0 Å². The maximum Gasteiger partial charge on any atom is 0.0137 e. The molecule has 0 saturated heterocycles. The third-order valence-corrected chi connectivity index (χ3v) is 1.09. The van der Waals surface area contributed by atoms with Crippen LogP contribution in [0.3, 0.4) is 0 Å². The van der Waals surface area contributed by atoms with Crippen molar-refractivity contribution < 1.29 is 0 Å². The zero-order chi connectivity index (χ0) is 8.20.